The van der Waals surface area contributed by atoms with E-state index in [1.54, 1.807) is 0 Å². The number of ether oxygens (including phenoxy) is 1. The first-order valence-electron chi connectivity index (χ1n) is 7.45. The fourth-order valence-electron chi connectivity index (χ4n) is 3.24. The smallest absolute Gasteiger partial charge is 0.197 e. The summed E-state index contributed by atoms with van der Waals surface area (Å²) in [5.41, 5.74) is 5.91. The van der Waals surface area contributed by atoms with Crippen LogP contribution in [0.4, 0.5) is 0 Å². The van der Waals surface area contributed by atoms with E-state index in [1.165, 1.54) is 5.56 Å². The molecule has 1 aliphatic rings. The first-order chi connectivity index (χ1) is 10.1. The molecule has 1 heterocycles. The molecule has 0 amide bonds. The summed E-state index contributed by atoms with van der Waals surface area (Å²) < 4.78 is 5.78. The van der Waals surface area contributed by atoms with Crippen molar-refractivity contribution in [3.63, 3.8) is 0 Å². The van der Waals surface area contributed by atoms with Crippen molar-refractivity contribution in [3.8, 4) is 5.75 Å². The van der Waals surface area contributed by atoms with Crippen molar-refractivity contribution < 1.29 is 9.53 Å². The molecule has 0 N–H and O–H groups in total. The molecule has 0 fully saturated rings. The van der Waals surface area contributed by atoms with E-state index < -0.39 is 0 Å². The summed E-state index contributed by atoms with van der Waals surface area (Å²) >= 11 is 0. The lowest BCUT2D eigenvalue weighted by Crippen LogP contribution is -2.14. The van der Waals surface area contributed by atoms with E-state index in [9.17, 15) is 4.79 Å². The van der Waals surface area contributed by atoms with E-state index in [4.69, 9.17) is 4.74 Å². The Morgan fingerprint density at radius 1 is 1.10 bits per heavy atom. The zero-order valence-electron chi connectivity index (χ0n) is 12.8. The van der Waals surface area contributed by atoms with Crippen molar-refractivity contribution in [1.29, 1.82) is 0 Å². The molecule has 0 aromatic heterocycles. The predicted molar refractivity (Wildman–Crippen MR) is 84.3 cm³/mol. The number of carbonyl (C=O) groups is 1. The van der Waals surface area contributed by atoms with E-state index in [0.717, 1.165) is 40.8 Å². The van der Waals surface area contributed by atoms with Gasteiger partial charge in [-0.05, 0) is 56.4 Å². The van der Waals surface area contributed by atoms with Gasteiger partial charge in [0, 0.05) is 5.56 Å². The molecular formula is C19H20O2. The van der Waals surface area contributed by atoms with Gasteiger partial charge in [0.1, 0.15) is 5.75 Å². The highest BCUT2D eigenvalue weighted by Gasteiger charge is 2.22. The number of para-hydroxylation sites is 1. The largest absolute Gasteiger partial charge is 0.493 e. The summed E-state index contributed by atoms with van der Waals surface area (Å²) in [5, 5.41) is 0. The third-order valence-corrected chi connectivity index (χ3v) is 4.08. The molecule has 0 saturated heterocycles. The van der Waals surface area contributed by atoms with Gasteiger partial charge in [0.2, 0.25) is 0 Å². The molecule has 0 saturated carbocycles. The second-order valence-corrected chi connectivity index (χ2v) is 5.85. The summed E-state index contributed by atoms with van der Waals surface area (Å²) in [6.45, 7) is 6.76. The molecule has 2 heteroatoms. The van der Waals surface area contributed by atoms with Gasteiger partial charge in [0.25, 0.3) is 0 Å². The molecule has 2 aromatic carbocycles. The van der Waals surface area contributed by atoms with Gasteiger partial charge in [-0.2, -0.15) is 0 Å². The summed E-state index contributed by atoms with van der Waals surface area (Å²) in [6.07, 6.45) is 2.01. The Kier molecular flexibility index (Phi) is 3.54. The van der Waals surface area contributed by atoms with E-state index in [1.807, 2.05) is 26.0 Å². The molecule has 3 rings (SSSR count). The zero-order chi connectivity index (χ0) is 15.0. The minimum absolute atomic E-state index is 0.0729. The lowest BCUT2D eigenvalue weighted by molar-refractivity contribution is 0.103. The van der Waals surface area contributed by atoms with E-state index in [0.29, 0.717) is 12.2 Å². The Balaban J connectivity index is 2.12. The number of benzene rings is 2. The molecule has 21 heavy (non-hydrogen) atoms. The molecule has 0 spiro atoms. The number of carbonyl (C=O) groups excluding carboxylic acids is 1. The van der Waals surface area contributed by atoms with Crippen LogP contribution < -0.4 is 4.74 Å². The zero-order valence-corrected chi connectivity index (χ0v) is 12.8. The van der Waals surface area contributed by atoms with Gasteiger partial charge in [0.05, 0.1) is 12.2 Å². The highest BCUT2D eigenvalue weighted by atomic mass is 16.5. The van der Waals surface area contributed by atoms with Crippen molar-refractivity contribution in [3.05, 3.63) is 63.7 Å². The maximum Gasteiger partial charge on any atom is 0.197 e. The van der Waals surface area contributed by atoms with Crippen LogP contribution in [-0.4, -0.2) is 12.4 Å². The Morgan fingerprint density at radius 3 is 2.52 bits per heavy atom. The van der Waals surface area contributed by atoms with Crippen LogP contribution >= 0.6 is 0 Å². The molecule has 1 aliphatic heterocycles. The summed E-state index contributed by atoms with van der Waals surface area (Å²) in [6, 6.07) is 10.0. The van der Waals surface area contributed by atoms with Crippen molar-refractivity contribution >= 4 is 5.78 Å². The third-order valence-electron chi connectivity index (χ3n) is 4.08. The highest BCUT2D eigenvalue weighted by Crippen LogP contribution is 2.32. The molecule has 2 aromatic rings. The van der Waals surface area contributed by atoms with Gasteiger partial charge in [-0.3, -0.25) is 4.79 Å². The number of fused-ring (bicyclic) bond motifs is 1. The Morgan fingerprint density at radius 2 is 1.81 bits per heavy atom. The number of hydrogen-bond donors (Lipinski definition) is 0. The summed E-state index contributed by atoms with van der Waals surface area (Å²) in [5.74, 6) is 0.858. The molecule has 0 aliphatic carbocycles. The standard InChI is InChI=1S/C19H20O2/c1-12-10-13(2)17(14(3)11-12)18(20)16-8-4-6-15-7-5-9-21-19(15)16/h4,6,8,10-11H,5,7,9H2,1-3H3. The van der Waals surface area contributed by atoms with Crippen LogP contribution in [0.2, 0.25) is 0 Å². The maximum absolute atomic E-state index is 13.0. The number of aryl methyl sites for hydroxylation is 4. The molecule has 0 radical (unpaired) electrons. The van der Waals surface area contributed by atoms with Crippen LogP contribution in [0, 0.1) is 20.8 Å². The predicted octanol–water partition coefficient (Wildman–Crippen LogP) is 4.17. The molecule has 0 atom stereocenters. The van der Waals surface area contributed by atoms with E-state index >= 15 is 0 Å². The van der Waals surface area contributed by atoms with Gasteiger partial charge in [-0.1, -0.05) is 29.8 Å². The lowest BCUT2D eigenvalue weighted by Gasteiger charge is -2.20. The average Bonchev–Trinajstić information content (AvgIpc) is 2.45. The van der Waals surface area contributed by atoms with Crippen molar-refractivity contribution in [2.45, 2.75) is 33.6 Å². The van der Waals surface area contributed by atoms with E-state index in [2.05, 4.69) is 25.1 Å². The van der Waals surface area contributed by atoms with Gasteiger partial charge in [-0.25, -0.2) is 0 Å². The molecule has 108 valence electrons. The number of rotatable bonds is 2. The Bertz CT molecular complexity index is 690. The van der Waals surface area contributed by atoms with Crippen LogP contribution in [0.1, 0.15) is 44.6 Å². The van der Waals surface area contributed by atoms with Crippen LogP contribution in [0.5, 0.6) is 5.75 Å². The fraction of sp³-hybridized carbons (Fsp3) is 0.316. The maximum atomic E-state index is 13.0. The summed E-state index contributed by atoms with van der Waals surface area (Å²) in [7, 11) is 0. The summed E-state index contributed by atoms with van der Waals surface area (Å²) in [4.78, 5) is 13.0. The minimum Gasteiger partial charge on any atom is -0.493 e. The molecule has 0 bridgehead atoms. The third kappa shape index (κ3) is 2.46. The van der Waals surface area contributed by atoms with Gasteiger partial charge >= 0.3 is 0 Å². The average molecular weight is 280 g/mol. The second-order valence-electron chi connectivity index (χ2n) is 5.85. The van der Waals surface area contributed by atoms with E-state index in [-0.39, 0.29) is 5.78 Å². The van der Waals surface area contributed by atoms with Crippen molar-refractivity contribution in [1.82, 2.24) is 0 Å². The van der Waals surface area contributed by atoms with Crippen LogP contribution in [0.15, 0.2) is 30.3 Å². The number of ketones is 1. The van der Waals surface area contributed by atoms with Gasteiger partial charge < -0.3 is 4.74 Å². The monoisotopic (exact) mass is 280 g/mol. The SMILES string of the molecule is Cc1cc(C)c(C(=O)c2cccc3c2OCCC3)c(C)c1. The van der Waals surface area contributed by atoms with Gasteiger partial charge in [-0.15, -0.1) is 0 Å². The minimum atomic E-state index is 0.0729. The highest BCUT2D eigenvalue weighted by molar-refractivity contribution is 6.12. The van der Waals surface area contributed by atoms with Crippen LogP contribution in [0.3, 0.4) is 0 Å². The molecular weight excluding hydrogens is 260 g/mol. The van der Waals surface area contributed by atoms with Crippen LogP contribution in [-0.2, 0) is 6.42 Å². The Hall–Kier alpha value is -2.09. The second kappa shape index (κ2) is 5.36. The molecule has 0 unspecified atom stereocenters. The van der Waals surface area contributed by atoms with Crippen LogP contribution in [0.25, 0.3) is 0 Å². The number of hydrogen-bond acceptors (Lipinski definition) is 2. The molecule has 2 nitrogen and oxygen atoms in total. The van der Waals surface area contributed by atoms with Crippen molar-refractivity contribution in [2.75, 3.05) is 6.61 Å². The quantitative estimate of drug-likeness (QED) is 0.772. The topological polar surface area (TPSA) is 26.3 Å². The van der Waals surface area contributed by atoms with Crippen molar-refractivity contribution in [2.24, 2.45) is 0 Å². The normalized spacial score (nSPS) is 13.5. The first-order valence-corrected chi connectivity index (χ1v) is 7.45. The lowest BCUT2D eigenvalue weighted by atomic mass is 9.91. The fourth-order valence-corrected chi connectivity index (χ4v) is 3.24. The first kappa shape index (κ1) is 13.9. The van der Waals surface area contributed by atoms with Gasteiger partial charge in [0.15, 0.2) is 5.78 Å². The Labute approximate surface area is 125 Å².